The van der Waals surface area contributed by atoms with Gasteiger partial charge in [-0.1, -0.05) is 11.6 Å². The molecule has 8 heteroatoms. The summed E-state index contributed by atoms with van der Waals surface area (Å²) in [4.78, 5) is 36.8. The maximum absolute atomic E-state index is 12.0. The van der Waals surface area contributed by atoms with Crippen LogP contribution in [0, 0.1) is 0 Å². The first-order valence-corrected chi connectivity index (χ1v) is 9.46. The van der Waals surface area contributed by atoms with Crippen molar-refractivity contribution in [3.05, 3.63) is 29.3 Å². The number of imide groups is 1. The molecule has 0 spiro atoms. The van der Waals surface area contributed by atoms with E-state index in [1.165, 1.54) is 4.90 Å². The molecule has 4 amide bonds. The Morgan fingerprint density at radius 2 is 1.89 bits per heavy atom. The van der Waals surface area contributed by atoms with Crippen LogP contribution in [0.2, 0.25) is 5.02 Å². The molecule has 2 N–H and O–H groups in total. The molecule has 0 aliphatic carbocycles. The quantitative estimate of drug-likeness (QED) is 0.471. The average Bonchev–Trinajstić information content (AvgIpc) is 2.81. The second-order valence-electron chi connectivity index (χ2n) is 6.97. The Kier molecular flexibility index (Phi) is 7.47. The van der Waals surface area contributed by atoms with E-state index in [0.29, 0.717) is 24.6 Å². The molecule has 148 valence electrons. The van der Waals surface area contributed by atoms with Gasteiger partial charge in [-0.25, -0.2) is 4.79 Å². The van der Waals surface area contributed by atoms with Gasteiger partial charge in [-0.05, 0) is 57.4 Å². The molecule has 0 bridgehead atoms. The molecule has 7 nitrogen and oxygen atoms in total. The van der Waals surface area contributed by atoms with Gasteiger partial charge in [0.2, 0.25) is 5.91 Å². The number of unbranched alkanes of at least 4 members (excludes halogenated alkanes) is 1. The summed E-state index contributed by atoms with van der Waals surface area (Å²) in [5.41, 5.74) is -0.868. The minimum Gasteiger partial charge on any atom is -0.494 e. The molecular weight excluding hydrogens is 370 g/mol. The Labute approximate surface area is 164 Å². The van der Waals surface area contributed by atoms with E-state index >= 15 is 0 Å². The first kappa shape index (κ1) is 21.0. The lowest BCUT2D eigenvalue weighted by molar-refractivity contribution is -0.130. The molecule has 0 aromatic heterocycles. The van der Waals surface area contributed by atoms with Gasteiger partial charge in [0.25, 0.3) is 5.91 Å². The summed E-state index contributed by atoms with van der Waals surface area (Å²) < 4.78 is 5.58. The third-order valence-corrected chi connectivity index (χ3v) is 4.46. The molecule has 1 aliphatic rings. The van der Waals surface area contributed by atoms with Gasteiger partial charge < -0.3 is 15.4 Å². The number of nitrogens with one attached hydrogen (secondary N) is 2. The van der Waals surface area contributed by atoms with Gasteiger partial charge in [-0.2, -0.15) is 0 Å². The zero-order chi connectivity index (χ0) is 19.9. The Hall–Kier alpha value is -2.28. The molecule has 2 rings (SSSR count). The first-order chi connectivity index (χ1) is 12.8. The maximum Gasteiger partial charge on any atom is 0.325 e. The molecule has 1 heterocycles. The van der Waals surface area contributed by atoms with Crippen LogP contribution in [-0.4, -0.2) is 48.0 Å². The number of rotatable bonds is 10. The largest absolute Gasteiger partial charge is 0.494 e. The summed E-state index contributed by atoms with van der Waals surface area (Å²) in [6, 6.07) is 6.79. The van der Waals surface area contributed by atoms with Crippen molar-refractivity contribution >= 4 is 29.4 Å². The van der Waals surface area contributed by atoms with Crippen LogP contribution in [0.1, 0.15) is 39.5 Å². The predicted octanol–water partition coefficient (Wildman–Crippen LogP) is 2.73. The fourth-order valence-corrected chi connectivity index (χ4v) is 2.81. The van der Waals surface area contributed by atoms with E-state index in [1.807, 2.05) is 12.1 Å². The highest BCUT2D eigenvalue weighted by Gasteiger charge is 2.43. The summed E-state index contributed by atoms with van der Waals surface area (Å²) in [6.07, 6.45) is 2.35. The Balaban J connectivity index is 1.52. The van der Waals surface area contributed by atoms with Crippen molar-refractivity contribution < 1.29 is 19.1 Å². The Morgan fingerprint density at radius 1 is 1.19 bits per heavy atom. The van der Waals surface area contributed by atoms with Crippen molar-refractivity contribution in [2.45, 2.75) is 45.1 Å². The molecule has 0 radical (unpaired) electrons. The van der Waals surface area contributed by atoms with Crippen LogP contribution >= 0.6 is 11.6 Å². The summed E-state index contributed by atoms with van der Waals surface area (Å²) in [6.45, 7) is 4.71. The molecule has 0 saturated carbocycles. The number of benzene rings is 1. The number of urea groups is 1. The lowest BCUT2D eigenvalue weighted by atomic mass is 10.1. The van der Waals surface area contributed by atoms with Crippen molar-refractivity contribution in [3.63, 3.8) is 0 Å². The lowest BCUT2D eigenvalue weighted by Gasteiger charge is -2.15. The van der Waals surface area contributed by atoms with Crippen molar-refractivity contribution in [2.75, 3.05) is 19.7 Å². The number of hydrogen-bond donors (Lipinski definition) is 2. The van der Waals surface area contributed by atoms with Crippen LogP contribution < -0.4 is 15.4 Å². The van der Waals surface area contributed by atoms with Gasteiger partial charge in [0, 0.05) is 24.5 Å². The highest BCUT2D eigenvalue weighted by molar-refractivity contribution is 6.30. The van der Waals surface area contributed by atoms with Crippen LogP contribution in [0.4, 0.5) is 4.79 Å². The second kappa shape index (κ2) is 9.60. The van der Waals surface area contributed by atoms with Gasteiger partial charge in [0.1, 0.15) is 11.3 Å². The maximum atomic E-state index is 12.0. The van der Waals surface area contributed by atoms with Crippen molar-refractivity contribution in [3.8, 4) is 5.75 Å². The fourth-order valence-electron chi connectivity index (χ4n) is 2.68. The Bertz CT molecular complexity index is 676. The van der Waals surface area contributed by atoms with Gasteiger partial charge in [-0.15, -0.1) is 0 Å². The molecule has 1 fully saturated rings. The minimum atomic E-state index is -0.868. The smallest absolute Gasteiger partial charge is 0.325 e. The predicted molar refractivity (Wildman–Crippen MR) is 103 cm³/mol. The molecule has 0 atom stereocenters. The molecule has 1 aliphatic heterocycles. The topological polar surface area (TPSA) is 87.7 Å². The van der Waals surface area contributed by atoms with Gasteiger partial charge >= 0.3 is 6.03 Å². The molecule has 1 aromatic rings. The van der Waals surface area contributed by atoms with Crippen LogP contribution in [0.25, 0.3) is 0 Å². The van der Waals surface area contributed by atoms with Crippen molar-refractivity contribution in [1.29, 1.82) is 0 Å². The van der Waals surface area contributed by atoms with E-state index in [0.717, 1.165) is 18.6 Å². The molecule has 1 aromatic carbocycles. The monoisotopic (exact) mass is 395 g/mol. The van der Waals surface area contributed by atoms with E-state index in [4.69, 9.17) is 16.3 Å². The summed E-state index contributed by atoms with van der Waals surface area (Å²) in [5.74, 6) is 0.431. The van der Waals surface area contributed by atoms with Crippen LogP contribution in [-0.2, 0) is 9.59 Å². The minimum absolute atomic E-state index is 0.0834. The Morgan fingerprint density at radius 3 is 2.52 bits per heavy atom. The normalized spacial score (nSPS) is 15.6. The molecule has 27 heavy (non-hydrogen) atoms. The van der Waals surface area contributed by atoms with Crippen molar-refractivity contribution in [2.24, 2.45) is 0 Å². The highest BCUT2D eigenvalue weighted by Crippen LogP contribution is 2.17. The zero-order valence-corrected chi connectivity index (χ0v) is 16.5. The van der Waals surface area contributed by atoms with Crippen LogP contribution in [0.15, 0.2) is 24.3 Å². The fraction of sp³-hybridized carbons (Fsp3) is 0.526. The average molecular weight is 396 g/mol. The molecule has 1 saturated heterocycles. The van der Waals surface area contributed by atoms with Crippen LogP contribution in [0.5, 0.6) is 5.75 Å². The van der Waals surface area contributed by atoms with Gasteiger partial charge in [0.05, 0.1) is 6.61 Å². The number of halogens is 1. The number of nitrogens with zero attached hydrogens (tertiary/aromatic N) is 1. The SMILES string of the molecule is CC1(C)NC(=O)N(CCCC(=O)NCCCCOc2ccc(Cl)cc2)C1=O. The number of ether oxygens (including phenoxy) is 1. The second-order valence-corrected chi connectivity index (χ2v) is 7.41. The summed E-state index contributed by atoms with van der Waals surface area (Å²) in [5, 5.41) is 6.12. The first-order valence-electron chi connectivity index (χ1n) is 9.09. The third-order valence-electron chi connectivity index (χ3n) is 4.21. The highest BCUT2D eigenvalue weighted by atomic mass is 35.5. The van der Waals surface area contributed by atoms with E-state index in [9.17, 15) is 14.4 Å². The number of hydrogen-bond acceptors (Lipinski definition) is 4. The third kappa shape index (κ3) is 6.43. The van der Waals surface area contributed by atoms with E-state index in [1.54, 1.807) is 26.0 Å². The number of carbonyl (C=O) groups excluding carboxylic acids is 3. The number of carbonyl (C=O) groups is 3. The molecule has 0 unspecified atom stereocenters. The standard InChI is InChI=1S/C19H26ClN3O4/c1-19(2)17(25)23(18(26)22-19)12-5-6-16(24)21-11-3-4-13-27-15-9-7-14(20)8-10-15/h7-10H,3-6,11-13H2,1-2H3,(H,21,24)(H,22,26). The van der Waals surface area contributed by atoms with Gasteiger partial charge in [0.15, 0.2) is 0 Å². The van der Waals surface area contributed by atoms with Crippen LogP contribution in [0.3, 0.4) is 0 Å². The van der Waals surface area contributed by atoms with Gasteiger partial charge in [-0.3, -0.25) is 14.5 Å². The summed E-state index contributed by atoms with van der Waals surface area (Å²) in [7, 11) is 0. The lowest BCUT2D eigenvalue weighted by Crippen LogP contribution is -2.40. The van der Waals surface area contributed by atoms with E-state index in [-0.39, 0.29) is 24.8 Å². The summed E-state index contributed by atoms with van der Waals surface area (Å²) >= 11 is 5.81. The molecular formula is C19H26ClN3O4. The van der Waals surface area contributed by atoms with Crippen molar-refractivity contribution in [1.82, 2.24) is 15.5 Å². The van der Waals surface area contributed by atoms with E-state index in [2.05, 4.69) is 10.6 Å². The zero-order valence-electron chi connectivity index (χ0n) is 15.7. The van der Waals surface area contributed by atoms with E-state index < -0.39 is 11.6 Å². The number of amides is 4.